The molecule has 1 spiro atoms. The highest BCUT2D eigenvalue weighted by molar-refractivity contribution is 5.82. The van der Waals surface area contributed by atoms with Crippen LogP contribution in [0.15, 0.2) is 18.2 Å². The monoisotopic (exact) mass is 300 g/mol. The van der Waals surface area contributed by atoms with E-state index < -0.39 is 0 Å². The first-order valence-corrected chi connectivity index (χ1v) is 8.57. The Morgan fingerprint density at radius 3 is 2.55 bits per heavy atom. The molecule has 120 valence electrons. The number of carbonyl (C=O) groups is 1. The summed E-state index contributed by atoms with van der Waals surface area (Å²) in [5.41, 5.74) is 4.24. The van der Waals surface area contributed by atoms with Crippen LogP contribution in [-0.2, 0) is 11.2 Å². The van der Waals surface area contributed by atoms with Gasteiger partial charge >= 0.3 is 0 Å². The zero-order valence-corrected chi connectivity index (χ0v) is 14.0. The van der Waals surface area contributed by atoms with Crippen molar-refractivity contribution in [3.05, 3.63) is 34.9 Å². The zero-order chi connectivity index (χ0) is 15.7. The van der Waals surface area contributed by atoms with Crippen LogP contribution in [-0.4, -0.2) is 25.0 Å². The minimum absolute atomic E-state index is 0.202. The molecule has 3 nitrogen and oxygen atoms in total. The molecule has 1 heterocycles. The molecule has 0 radical (unpaired) electrons. The largest absolute Gasteiger partial charge is 0.353 e. The van der Waals surface area contributed by atoms with Gasteiger partial charge in [-0.25, -0.2) is 0 Å². The molecule has 2 N–H and O–H groups in total. The summed E-state index contributed by atoms with van der Waals surface area (Å²) in [6.45, 7) is 8.52. The van der Waals surface area contributed by atoms with Crippen LogP contribution in [0.4, 0.5) is 0 Å². The fraction of sp³-hybridized carbons (Fsp3) is 0.632. The van der Waals surface area contributed by atoms with E-state index in [-0.39, 0.29) is 17.9 Å². The highest BCUT2D eigenvalue weighted by atomic mass is 16.2. The van der Waals surface area contributed by atoms with Gasteiger partial charge in [-0.3, -0.25) is 4.79 Å². The summed E-state index contributed by atoms with van der Waals surface area (Å²) < 4.78 is 0. The fourth-order valence-electron chi connectivity index (χ4n) is 4.13. The Kier molecular flexibility index (Phi) is 4.26. The molecular formula is C19H28N2O. The number of carbonyl (C=O) groups excluding carboxylic acids is 1. The molecule has 2 fully saturated rings. The second-order valence-electron chi connectivity index (χ2n) is 7.48. The van der Waals surface area contributed by atoms with Crippen LogP contribution in [0.1, 0.15) is 42.9 Å². The molecule has 1 aromatic rings. The summed E-state index contributed by atoms with van der Waals surface area (Å²) in [6, 6.07) is 6.84. The van der Waals surface area contributed by atoms with Crippen molar-refractivity contribution in [1.82, 2.24) is 10.6 Å². The van der Waals surface area contributed by atoms with Crippen LogP contribution in [0.5, 0.6) is 0 Å². The van der Waals surface area contributed by atoms with Crippen molar-refractivity contribution >= 4 is 5.91 Å². The zero-order valence-electron chi connectivity index (χ0n) is 14.0. The van der Waals surface area contributed by atoms with Gasteiger partial charge in [0.2, 0.25) is 5.91 Å². The summed E-state index contributed by atoms with van der Waals surface area (Å²) in [4.78, 5) is 12.5. The van der Waals surface area contributed by atoms with Gasteiger partial charge in [-0.2, -0.15) is 0 Å². The number of benzene rings is 1. The lowest BCUT2D eigenvalue weighted by atomic mass is 9.91. The van der Waals surface area contributed by atoms with E-state index in [1.165, 1.54) is 16.7 Å². The second-order valence-corrected chi connectivity index (χ2v) is 7.48. The molecular weight excluding hydrogens is 272 g/mol. The number of piperidine rings is 1. The Labute approximate surface area is 133 Å². The smallest absolute Gasteiger partial charge is 0.223 e. The Bertz CT molecular complexity index is 540. The molecule has 3 rings (SSSR count). The maximum absolute atomic E-state index is 12.5. The summed E-state index contributed by atoms with van der Waals surface area (Å²) in [6.07, 6.45) is 4.33. The van der Waals surface area contributed by atoms with Crippen molar-refractivity contribution in [1.29, 1.82) is 0 Å². The third-order valence-electron chi connectivity index (χ3n) is 5.32. The fourth-order valence-corrected chi connectivity index (χ4v) is 4.13. The Morgan fingerprint density at radius 1 is 1.27 bits per heavy atom. The lowest BCUT2D eigenvalue weighted by Crippen LogP contribution is -2.38. The van der Waals surface area contributed by atoms with Gasteiger partial charge in [0.25, 0.3) is 0 Å². The van der Waals surface area contributed by atoms with Crippen molar-refractivity contribution in [3.8, 4) is 0 Å². The van der Waals surface area contributed by atoms with Crippen LogP contribution in [0, 0.1) is 25.2 Å². The SMILES string of the molecule is Cc1cc(C)cc(CC(C)NC(=O)C2CC23CCNCC3)c1. The van der Waals surface area contributed by atoms with Crippen LogP contribution >= 0.6 is 0 Å². The van der Waals surface area contributed by atoms with Gasteiger partial charge in [0.05, 0.1) is 0 Å². The maximum atomic E-state index is 12.5. The molecule has 22 heavy (non-hydrogen) atoms. The topological polar surface area (TPSA) is 41.1 Å². The summed E-state index contributed by atoms with van der Waals surface area (Å²) in [5.74, 6) is 0.537. The molecule has 2 unspecified atom stereocenters. The highest BCUT2D eigenvalue weighted by Crippen LogP contribution is 2.58. The van der Waals surface area contributed by atoms with Crippen molar-refractivity contribution in [2.45, 2.75) is 52.5 Å². The molecule has 2 atom stereocenters. The molecule has 1 amide bonds. The molecule has 1 aromatic carbocycles. The number of hydrogen-bond acceptors (Lipinski definition) is 2. The van der Waals surface area contributed by atoms with Crippen LogP contribution in [0.25, 0.3) is 0 Å². The second kappa shape index (κ2) is 6.04. The van der Waals surface area contributed by atoms with E-state index in [1.807, 2.05) is 0 Å². The number of hydrogen-bond donors (Lipinski definition) is 2. The van der Waals surface area contributed by atoms with E-state index in [9.17, 15) is 4.79 Å². The molecule has 1 saturated heterocycles. The number of aryl methyl sites for hydroxylation is 2. The third-order valence-corrected chi connectivity index (χ3v) is 5.32. The van der Waals surface area contributed by atoms with E-state index in [4.69, 9.17) is 0 Å². The van der Waals surface area contributed by atoms with Gasteiger partial charge in [-0.15, -0.1) is 0 Å². The van der Waals surface area contributed by atoms with E-state index >= 15 is 0 Å². The van der Waals surface area contributed by atoms with Gasteiger partial charge in [0.1, 0.15) is 0 Å². The number of nitrogens with one attached hydrogen (secondary N) is 2. The molecule has 2 aliphatic rings. The van der Waals surface area contributed by atoms with Crippen LogP contribution in [0.2, 0.25) is 0 Å². The van der Waals surface area contributed by atoms with E-state index in [0.29, 0.717) is 5.41 Å². The predicted octanol–water partition coefficient (Wildman–Crippen LogP) is 2.74. The first-order chi connectivity index (χ1) is 10.5. The average molecular weight is 300 g/mol. The van der Waals surface area contributed by atoms with Crippen LogP contribution in [0.3, 0.4) is 0 Å². The lowest BCUT2D eigenvalue weighted by Gasteiger charge is -2.23. The average Bonchev–Trinajstić information content (AvgIpc) is 3.11. The minimum atomic E-state index is 0.202. The maximum Gasteiger partial charge on any atom is 0.223 e. The quantitative estimate of drug-likeness (QED) is 0.898. The molecule has 1 aliphatic carbocycles. The van der Waals surface area contributed by atoms with E-state index in [0.717, 1.165) is 38.8 Å². The van der Waals surface area contributed by atoms with Crippen molar-refractivity contribution in [2.24, 2.45) is 11.3 Å². The molecule has 0 bridgehead atoms. The van der Waals surface area contributed by atoms with Crippen molar-refractivity contribution < 1.29 is 4.79 Å². The van der Waals surface area contributed by atoms with Gasteiger partial charge in [-0.05, 0) is 70.5 Å². The number of rotatable bonds is 4. The van der Waals surface area contributed by atoms with Crippen molar-refractivity contribution in [3.63, 3.8) is 0 Å². The van der Waals surface area contributed by atoms with Gasteiger partial charge in [0, 0.05) is 12.0 Å². The first-order valence-electron chi connectivity index (χ1n) is 8.57. The summed E-state index contributed by atoms with van der Waals surface area (Å²) in [5, 5.41) is 6.63. The van der Waals surface area contributed by atoms with E-state index in [1.54, 1.807) is 0 Å². The lowest BCUT2D eigenvalue weighted by molar-refractivity contribution is -0.123. The summed E-state index contributed by atoms with van der Waals surface area (Å²) >= 11 is 0. The minimum Gasteiger partial charge on any atom is -0.353 e. The standard InChI is InChI=1S/C19H28N2O/c1-13-8-14(2)10-16(9-13)11-15(3)21-18(22)17-12-19(17)4-6-20-7-5-19/h8-10,15,17,20H,4-7,11-12H2,1-3H3,(H,21,22). The van der Waals surface area contributed by atoms with E-state index in [2.05, 4.69) is 49.6 Å². The van der Waals surface area contributed by atoms with Crippen LogP contribution < -0.4 is 10.6 Å². The predicted molar refractivity (Wildman–Crippen MR) is 89.9 cm³/mol. The molecule has 0 aromatic heterocycles. The van der Waals surface area contributed by atoms with Crippen molar-refractivity contribution in [2.75, 3.05) is 13.1 Å². The Hall–Kier alpha value is -1.35. The third kappa shape index (κ3) is 3.35. The highest BCUT2D eigenvalue weighted by Gasteiger charge is 2.57. The Balaban J connectivity index is 1.53. The van der Waals surface area contributed by atoms with Gasteiger partial charge in [0.15, 0.2) is 0 Å². The van der Waals surface area contributed by atoms with Gasteiger partial charge in [-0.1, -0.05) is 29.3 Å². The molecule has 3 heteroatoms. The molecule has 1 saturated carbocycles. The number of amides is 1. The first kappa shape index (κ1) is 15.5. The normalized spacial score (nSPS) is 24.0. The molecule has 1 aliphatic heterocycles. The van der Waals surface area contributed by atoms with Gasteiger partial charge < -0.3 is 10.6 Å². The Morgan fingerprint density at radius 2 is 1.91 bits per heavy atom. The summed E-state index contributed by atoms with van der Waals surface area (Å²) in [7, 11) is 0.